The number of thiazole rings is 1. The summed E-state index contributed by atoms with van der Waals surface area (Å²) in [5.74, 6) is 0.981. The van der Waals surface area contributed by atoms with E-state index in [4.69, 9.17) is 19.2 Å². The van der Waals surface area contributed by atoms with Gasteiger partial charge in [-0.2, -0.15) is 0 Å². The van der Waals surface area contributed by atoms with E-state index in [0.29, 0.717) is 35.6 Å². The van der Waals surface area contributed by atoms with Gasteiger partial charge in [0.2, 0.25) is 0 Å². The van der Waals surface area contributed by atoms with E-state index in [1.807, 2.05) is 51.3 Å². The molecule has 1 saturated heterocycles. The molecule has 0 unspecified atom stereocenters. The Balaban J connectivity index is 1.31. The first-order valence-corrected chi connectivity index (χ1v) is 14.8. The van der Waals surface area contributed by atoms with Gasteiger partial charge in [0.25, 0.3) is 0 Å². The number of carbonyl (C=O) groups is 1. The maximum atomic E-state index is 15.5. The zero-order valence-electron chi connectivity index (χ0n) is 23.9. The summed E-state index contributed by atoms with van der Waals surface area (Å²) in [7, 11) is 1.62. The van der Waals surface area contributed by atoms with Crippen LogP contribution in [0, 0.1) is 18.7 Å². The van der Waals surface area contributed by atoms with Gasteiger partial charge < -0.3 is 24.4 Å². The number of aromatic nitrogens is 1. The average Bonchev–Trinajstić information content (AvgIpc) is 3.43. The summed E-state index contributed by atoms with van der Waals surface area (Å²) >= 11 is 1.58. The van der Waals surface area contributed by atoms with E-state index in [1.165, 1.54) is 0 Å². The van der Waals surface area contributed by atoms with Crippen molar-refractivity contribution in [3.8, 4) is 22.8 Å². The van der Waals surface area contributed by atoms with Crippen molar-refractivity contribution in [1.29, 1.82) is 0 Å². The number of halogens is 1. The fraction of sp³-hybridized carbons (Fsp3) is 0.484. The van der Waals surface area contributed by atoms with Gasteiger partial charge in [0.05, 0.1) is 18.7 Å². The van der Waals surface area contributed by atoms with Crippen LogP contribution < -0.4 is 19.7 Å². The number of nitrogens with one attached hydrogen (secondary N) is 1. The molecule has 0 aliphatic carbocycles. The molecule has 2 aromatic carbocycles. The minimum Gasteiger partial charge on any atom is -0.496 e. The van der Waals surface area contributed by atoms with Crippen LogP contribution in [0.2, 0.25) is 0 Å². The molecule has 2 aliphatic rings. The number of nitrogens with zero attached hydrogens (tertiary/aromatic N) is 2. The van der Waals surface area contributed by atoms with Gasteiger partial charge in [0.15, 0.2) is 5.13 Å². The SMILES string of the molecule is COc1cc(COc2c(C)cccc2-c2csc(N3CCC(C(=O)OC(C)(C)C)CC3)n2)c(F)c2c1CNCC2. The zero-order chi connectivity index (χ0) is 28.4. The van der Waals surface area contributed by atoms with Crippen molar-refractivity contribution in [3.63, 3.8) is 0 Å². The van der Waals surface area contributed by atoms with Gasteiger partial charge in [0, 0.05) is 41.7 Å². The second kappa shape index (κ2) is 11.7. The molecule has 0 atom stereocenters. The average molecular weight is 568 g/mol. The molecule has 5 rings (SSSR count). The lowest BCUT2D eigenvalue weighted by molar-refractivity contribution is -0.160. The molecule has 1 fully saturated rings. The van der Waals surface area contributed by atoms with E-state index in [2.05, 4.69) is 10.2 Å². The highest BCUT2D eigenvalue weighted by Gasteiger charge is 2.30. The minimum absolute atomic E-state index is 0.0782. The van der Waals surface area contributed by atoms with E-state index in [1.54, 1.807) is 24.5 Å². The second-order valence-corrected chi connectivity index (χ2v) is 12.3. The quantitative estimate of drug-likeness (QED) is 0.349. The molecule has 0 saturated carbocycles. The summed E-state index contributed by atoms with van der Waals surface area (Å²) in [6.45, 7) is 10.6. The van der Waals surface area contributed by atoms with Crippen molar-refractivity contribution in [2.45, 2.75) is 65.7 Å². The van der Waals surface area contributed by atoms with Crippen LogP contribution in [-0.4, -0.2) is 43.3 Å². The number of hydrogen-bond donors (Lipinski definition) is 1. The Kier molecular flexibility index (Phi) is 8.33. The minimum atomic E-state index is -0.471. The summed E-state index contributed by atoms with van der Waals surface area (Å²) < 4.78 is 32.9. The van der Waals surface area contributed by atoms with Gasteiger partial charge in [-0.15, -0.1) is 11.3 Å². The Bertz CT molecular complexity index is 1380. The number of esters is 1. The summed E-state index contributed by atoms with van der Waals surface area (Å²) in [5, 5.41) is 6.24. The number of rotatable bonds is 7. The van der Waals surface area contributed by atoms with Crippen molar-refractivity contribution in [1.82, 2.24) is 10.3 Å². The van der Waals surface area contributed by atoms with Crippen molar-refractivity contribution >= 4 is 22.4 Å². The Hall–Kier alpha value is -3.17. The molecule has 1 aromatic heterocycles. The lowest BCUT2D eigenvalue weighted by Gasteiger charge is -2.32. The normalized spacial score (nSPS) is 16.0. The number of ether oxygens (including phenoxy) is 3. The molecule has 9 heteroatoms. The standard InChI is InChI=1S/C31H38FN3O4S/c1-19-7-6-8-23(28(19)38-17-21-15-26(37-5)24-16-33-12-9-22(24)27(21)32)25-18-40-30(34-25)35-13-10-20(11-14-35)29(36)39-31(2,3)4/h6-8,15,18,20,33H,9-14,16-17H2,1-5H3. The van der Waals surface area contributed by atoms with Gasteiger partial charge in [-0.1, -0.05) is 12.1 Å². The van der Waals surface area contributed by atoms with Gasteiger partial charge >= 0.3 is 5.97 Å². The van der Waals surface area contributed by atoms with Crippen LogP contribution in [0.25, 0.3) is 11.3 Å². The Labute approximate surface area is 239 Å². The molecule has 0 amide bonds. The van der Waals surface area contributed by atoms with Crippen molar-refractivity contribution in [2.75, 3.05) is 31.6 Å². The first-order valence-electron chi connectivity index (χ1n) is 13.9. The molecule has 214 valence electrons. The zero-order valence-corrected chi connectivity index (χ0v) is 24.8. The molecule has 7 nitrogen and oxygen atoms in total. The third-order valence-corrected chi connectivity index (χ3v) is 8.35. The Morgan fingerprint density at radius 2 is 2.00 bits per heavy atom. The molecule has 3 aromatic rings. The van der Waals surface area contributed by atoms with E-state index in [9.17, 15) is 4.79 Å². The lowest BCUT2D eigenvalue weighted by Crippen LogP contribution is -2.38. The topological polar surface area (TPSA) is 72.9 Å². The van der Waals surface area contributed by atoms with Gasteiger partial charge in [-0.3, -0.25) is 4.79 Å². The van der Waals surface area contributed by atoms with Crippen molar-refractivity contribution in [2.24, 2.45) is 5.92 Å². The molecular weight excluding hydrogens is 529 g/mol. The van der Waals surface area contributed by atoms with Gasteiger partial charge in [-0.05, 0) is 76.8 Å². The largest absolute Gasteiger partial charge is 0.496 e. The second-order valence-electron chi connectivity index (χ2n) is 11.5. The predicted octanol–water partition coefficient (Wildman–Crippen LogP) is 6.05. The molecule has 40 heavy (non-hydrogen) atoms. The highest BCUT2D eigenvalue weighted by molar-refractivity contribution is 7.14. The summed E-state index contributed by atoms with van der Waals surface area (Å²) in [5.41, 5.74) is 4.26. The van der Waals surface area contributed by atoms with Crippen LogP contribution in [0.15, 0.2) is 29.6 Å². The smallest absolute Gasteiger partial charge is 0.309 e. The van der Waals surface area contributed by atoms with E-state index in [0.717, 1.165) is 60.0 Å². The molecule has 0 bridgehead atoms. The van der Waals surface area contributed by atoms with E-state index in [-0.39, 0.29) is 24.3 Å². The van der Waals surface area contributed by atoms with Crippen LogP contribution in [-0.2, 0) is 29.1 Å². The Morgan fingerprint density at radius 1 is 1.23 bits per heavy atom. The van der Waals surface area contributed by atoms with Gasteiger partial charge in [-0.25, -0.2) is 9.37 Å². The predicted molar refractivity (Wildman–Crippen MR) is 156 cm³/mol. The number of anilines is 1. The third-order valence-electron chi connectivity index (χ3n) is 7.44. The Morgan fingerprint density at radius 3 is 2.73 bits per heavy atom. The maximum Gasteiger partial charge on any atom is 0.309 e. The maximum absolute atomic E-state index is 15.5. The summed E-state index contributed by atoms with van der Waals surface area (Å²) in [6, 6.07) is 7.72. The first kappa shape index (κ1) is 28.4. The molecule has 0 spiro atoms. The summed E-state index contributed by atoms with van der Waals surface area (Å²) in [4.78, 5) is 19.7. The highest BCUT2D eigenvalue weighted by Crippen LogP contribution is 2.38. The lowest BCUT2D eigenvalue weighted by atomic mass is 9.96. The molecule has 2 aliphatic heterocycles. The molecule has 0 radical (unpaired) electrons. The molecular formula is C31H38FN3O4S. The van der Waals surface area contributed by atoms with Crippen LogP contribution in [0.3, 0.4) is 0 Å². The number of aryl methyl sites for hydroxylation is 1. The number of fused-ring (bicyclic) bond motifs is 1. The van der Waals surface area contributed by atoms with E-state index < -0.39 is 5.60 Å². The number of methoxy groups -OCH3 is 1. The third kappa shape index (κ3) is 6.10. The van der Waals surface area contributed by atoms with Gasteiger partial charge in [0.1, 0.15) is 29.5 Å². The van der Waals surface area contributed by atoms with Crippen LogP contribution in [0.4, 0.5) is 9.52 Å². The fourth-order valence-corrected chi connectivity index (χ4v) is 6.25. The van der Waals surface area contributed by atoms with E-state index >= 15 is 4.39 Å². The van der Waals surface area contributed by atoms with Crippen molar-refractivity contribution in [3.05, 3.63) is 57.7 Å². The number of benzene rings is 2. The molecule has 1 N–H and O–H groups in total. The highest BCUT2D eigenvalue weighted by atomic mass is 32.1. The van der Waals surface area contributed by atoms with Crippen LogP contribution >= 0.6 is 11.3 Å². The van der Waals surface area contributed by atoms with Crippen molar-refractivity contribution < 1.29 is 23.4 Å². The number of piperidine rings is 1. The van der Waals surface area contributed by atoms with Crippen LogP contribution in [0.5, 0.6) is 11.5 Å². The number of para-hydroxylation sites is 1. The van der Waals surface area contributed by atoms with Crippen LogP contribution in [0.1, 0.15) is 55.9 Å². The first-order chi connectivity index (χ1) is 19.1. The summed E-state index contributed by atoms with van der Waals surface area (Å²) in [6.07, 6.45) is 2.11. The number of carbonyl (C=O) groups excluding carboxylic acids is 1. The number of hydrogen-bond acceptors (Lipinski definition) is 8. The monoisotopic (exact) mass is 567 g/mol. The fourth-order valence-electron chi connectivity index (χ4n) is 5.37. The molecule has 3 heterocycles.